The normalized spacial score (nSPS) is 30.9. The Morgan fingerprint density at radius 1 is 0.833 bits per heavy atom. The van der Waals surface area contributed by atoms with E-state index in [1.165, 1.54) is 77.0 Å². The first-order valence-corrected chi connectivity index (χ1v) is 8.55. The van der Waals surface area contributed by atoms with Crippen molar-refractivity contribution in [2.75, 3.05) is 0 Å². The van der Waals surface area contributed by atoms with Gasteiger partial charge in [-0.05, 0) is 43.4 Å². The molecule has 2 aliphatic carbocycles. The zero-order chi connectivity index (χ0) is 12.6. The highest BCUT2D eigenvalue weighted by atomic mass is 14.2. The van der Waals surface area contributed by atoms with E-state index in [1.807, 2.05) is 0 Å². The van der Waals surface area contributed by atoms with Gasteiger partial charge in [0.15, 0.2) is 0 Å². The summed E-state index contributed by atoms with van der Waals surface area (Å²) in [6.45, 7) is 2.36. The van der Waals surface area contributed by atoms with Crippen LogP contribution in [-0.4, -0.2) is 0 Å². The van der Waals surface area contributed by atoms with Gasteiger partial charge in [-0.2, -0.15) is 0 Å². The summed E-state index contributed by atoms with van der Waals surface area (Å²) in [6, 6.07) is 0. The Morgan fingerprint density at radius 2 is 1.50 bits per heavy atom. The van der Waals surface area contributed by atoms with Crippen LogP contribution in [0.3, 0.4) is 0 Å². The largest absolute Gasteiger partial charge is 0.0882 e. The third-order valence-electron chi connectivity index (χ3n) is 5.34. The van der Waals surface area contributed by atoms with Crippen molar-refractivity contribution in [1.29, 1.82) is 0 Å². The molecule has 0 unspecified atom stereocenters. The minimum Gasteiger partial charge on any atom is -0.0882 e. The second-order valence-corrected chi connectivity index (χ2v) is 6.70. The highest BCUT2D eigenvalue weighted by Crippen LogP contribution is 2.33. The topological polar surface area (TPSA) is 0 Å². The maximum atomic E-state index is 2.54. The molecule has 0 aromatic heterocycles. The fraction of sp³-hybridized carbons (Fsp3) is 0.889. The lowest BCUT2D eigenvalue weighted by atomic mass is 9.79. The fourth-order valence-corrected chi connectivity index (χ4v) is 3.88. The third kappa shape index (κ3) is 4.78. The molecule has 0 amide bonds. The monoisotopic (exact) mass is 248 g/mol. The highest BCUT2D eigenvalue weighted by molar-refractivity contribution is 4.90. The van der Waals surface area contributed by atoms with Crippen LogP contribution in [-0.2, 0) is 0 Å². The lowest BCUT2D eigenvalue weighted by Gasteiger charge is -2.27. The number of hydrogen-bond acceptors (Lipinski definition) is 0. The van der Waals surface area contributed by atoms with Crippen molar-refractivity contribution in [3.05, 3.63) is 12.2 Å². The summed E-state index contributed by atoms with van der Waals surface area (Å²) in [6.07, 6.45) is 22.6. The lowest BCUT2D eigenvalue weighted by Crippen LogP contribution is -2.13. The first-order valence-electron chi connectivity index (χ1n) is 8.55. The zero-order valence-electron chi connectivity index (χ0n) is 12.4. The van der Waals surface area contributed by atoms with Crippen LogP contribution < -0.4 is 0 Å². The van der Waals surface area contributed by atoms with E-state index in [2.05, 4.69) is 19.1 Å². The number of rotatable bonds is 5. The van der Waals surface area contributed by atoms with Crippen molar-refractivity contribution >= 4 is 0 Å². The summed E-state index contributed by atoms with van der Waals surface area (Å²) in [4.78, 5) is 0. The van der Waals surface area contributed by atoms with Crippen LogP contribution in [0.2, 0.25) is 0 Å². The van der Waals surface area contributed by atoms with E-state index in [0.717, 1.165) is 17.8 Å². The summed E-state index contributed by atoms with van der Waals surface area (Å²) >= 11 is 0. The Labute approximate surface area is 114 Å². The van der Waals surface area contributed by atoms with Gasteiger partial charge >= 0.3 is 0 Å². The molecule has 0 heteroatoms. The average Bonchev–Trinajstić information content (AvgIpc) is 2.45. The average molecular weight is 248 g/mol. The van der Waals surface area contributed by atoms with E-state index in [0.29, 0.717) is 0 Å². The summed E-state index contributed by atoms with van der Waals surface area (Å²) < 4.78 is 0. The van der Waals surface area contributed by atoms with E-state index in [1.54, 1.807) is 0 Å². The SMILES string of the molecule is CCC1CCC(CC/C=C/C2CCCCC2)CC1. The molecule has 0 saturated heterocycles. The van der Waals surface area contributed by atoms with Gasteiger partial charge in [-0.25, -0.2) is 0 Å². The predicted molar refractivity (Wildman–Crippen MR) is 80.7 cm³/mol. The van der Waals surface area contributed by atoms with Crippen molar-refractivity contribution < 1.29 is 0 Å². The molecule has 0 radical (unpaired) electrons. The predicted octanol–water partition coefficient (Wildman–Crippen LogP) is 6.12. The van der Waals surface area contributed by atoms with Gasteiger partial charge in [-0.3, -0.25) is 0 Å². The Balaban J connectivity index is 1.56. The Bertz CT molecular complexity index is 226. The van der Waals surface area contributed by atoms with Gasteiger partial charge in [0, 0.05) is 0 Å². The smallest absolute Gasteiger partial charge is 0.0234 e. The standard InChI is InChI=1S/C18H32/c1-2-16-12-14-18(15-13-16)11-7-6-10-17-8-4-3-5-9-17/h6,10,16-18H,2-5,7-9,11-15H2,1H3/b10-6+. The zero-order valence-corrected chi connectivity index (χ0v) is 12.4. The van der Waals surface area contributed by atoms with Gasteiger partial charge in [-0.1, -0.05) is 70.4 Å². The molecule has 104 valence electrons. The molecular weight excluding hydrogens is 216 g/mol. The van der Waals surface area contributed by atoms with Crippen molar-refractivity contribution in [3.8, 4) is 0 Å². The maximum Gasteiger partial charge on any atom is -0.0234 e. The molecule has 2 rings (SSSR count). The summed E-state index contributed by atoms with van der Waals surface area (Å²) in [7, 11) is 0. The third-order valence-corrected chi connectivity index (χ3v) is 5.34. The van der Waals surface area contributed by atoms with Gasteiger partial charge in [0.2, 0.25) is 0 Å². The molecule has 0 spiro atoms. The van der Waals surface area contributed by atoms with E-state index in [-0.39, 0.29) is 0 Å². The second-order valence-electron chi connectivity index (χ2n) is 6.70. The Kier molecular flexibility index (Phi) is 6.31. The maximum absolute atomic E-state index is 2.54. The number of hydrogen-bond donors (Lipinski definition) is 0. The van der Waals surface area contributed by atoms with Crippen LogP contribution in [0.15, 0.2) is 12.2 Å². The van der Waals surface area contributed by atoms with Gasteiger partial charge in [0.05, 0.1) is 0 Å². The molecule has 2 saturated carbocycles. The molecule has 0 aromatic carbocycles. The molecule has 0 heterocycles. The molecule has 0 nitrogen and oxygen atoms in total. The molecule has 0 N–H and O–H groups in total. The molecule has 0 aliphatic heterocycles. The van der Waals surface area contributed by atoms with Crippen molar-refractivity contribution in [3.63, 3.8) is 0 Å². The molecular formula is C18H32. The first-order chi connectivity index (χ1) is 8.88. The summed E-state index contributed by atoms with van der Waals surface area (Å²) in [5, 5.41) is 0. The van der Waals surface area contributed by atoms with E-state index >= 15 is 0 Å². The molecule has 0 atom stereocenters. The molecule has 0 bridgehead atoms. The van der Waals surface area contributed by atoms with E-state index < -0.39 is 0 Å². The van der Waals surface area contributed by atoms with Crippen LogP contribution in [0, 0.1) is 17.8 Å². The molecule has 18 heavy (non-hydrogen) atoms. The van der Waals surface area contributed by atoms with Crippen LogP contribution in [0.4, 0.5) is 0 Å². The van der Waals surface area contributed by atoms with Crippen molar-refractivity contribution in [2.45, 2.75) is 84.0 Å². The summed E-state index contributed by atoms with van der Waals surface area (Å²) in [5.41, 5.74) is 0. The van der Waals surface area contributed by atoms with Gasteiger partial charge in [-0.15, -0.1) is 0 Å². The van der Waals surface area contributed by atoms with E-state index in [9.17, 15) is 0 Å². The first kappa shape index (κ1) is 14.2. The Morgan fingerprint density at radius 3 is 2.17 bits per heavy atom. The van der Waals surface area contributed by atoms with Gasteiger partial charge in [0.25, 0.3) is 0 Å². The van der Waals surface area contributed by atoms with Gasteiger partial charge < -0.3 is 0 Å². The second kappa shape index (κ2) is 8.02. The van der Waals surface area contributed by atoms with Crippen LogP contribution >= 0.6 is 0 Å². The fourth-order valence-electron chi connectivity index (χ4n) is 3.88. The van der Waals surface area contributed by atoms with Crippen molar-refractivity contribution in [1.82, 2.24) is 0 Å². The molecule has 2 fully saturated rings. The lowest BCUT2D eigenvalue weighted by molar-refractivity contribution is 0.259. The highest BCUT2D eigenvalue weighted by Gasteiger charge is 2.19. The minimum absolute atomic E-state index is 0.926. The summed E-state index contributed by atoms with van der Waals surface area (Å²) in [5.74, 6) is 3.03. The Hall–Kier alpha value is -0.260. The van der Waals surface area contributed by atoms with Crippen LogP contribution in [0.5, 0.6) is 0 Å². The van der Waals surface area contributed by atoms with Crippen molar-refractivity contribution in [2.24, 2.45) is 17.8 Å². The minimum atomic E-state index is 0.926. The molecule has 0 aromatic rings. The van der Waals surface area contributed by atoms with Gasteiger partial charge in [0.1, 0.15) is 0 Å². The van der Waals surface area contributed by atoms with Crippen LogP contribution in [0.1, 0.15) is 84.0 Å². The number of allylic oxidation sites excluding steroid dienone is 2. The molecule has 2 aliphatic rings. The quantitative estimate of drug-likeness (QED) is 0.514. The van der Waals surface area contributed by atoms with Crippen LogP contribution in [0.25, 0.3) is 0 Å². The van der Waals surface area contributed by atoms with E-state index in [4.69, 9.17) is 0 Å².